The Balaban J connectivity index is 1.48. The molecule has 1 unspecified atom stereocenters. The molecule has 0 aliphatic carbocycles. The molecule has 6 nitrogen and oxygen atoms in total. The van der Waals surface area contributed by atoms with Crippen LogP contribution in [0.5, 0.6) is 11.5 Å². The van der Waals surface area contributed by atoms with Gasteiger partial charge in [-0.15, -0.1) is 0 Å². The van der Waals surface area contributed by atoms with Crippen LogP contribution in [-0.4, -0.2) is 43.7 Å². The van der Waals surface area contributed by atoms with Crippen molar-refractivity contribution in [1.82, 2.24) is 10.3 Å². The maximum atomic E-state index is 12.1. The van der Waals surface area contributed by atoms with Gasteiger partial charge >= 0.3 is 0 Å². The fraction of sp³-hybridized carbons (Fsp3) is 0.333. The van der Waals surface area contributed by atoms with Crippen LogP contribution >= 0.6 is 11.6 Å². The van der Waals surface area contributed by atoms with Gasteiger partial charge in [-0.05, 0) is 30.7 Å². The lowest BCUT2D eigenvalue weighted by Gasteiger charge is -2.19. The van der Waals surface area contributed by atoms with E-state index in [1.54, 1.807) is 31.5 Å². The third-order valence-corrected chi connectivity index (χ3v) is 4.30. The third kappa shape index (κ3) is 4.54. The first-order valence-corrected chi connectivity index (χ1v) is 8.45. The largest absolute Gasteiger partial charge is 0.497 e. The minimum absolute atomic E-state index is 0.0337. The van der Waals surface area contributed by atoms with E-state index in [-0.39, 0.29) is 18.6 Å². The number of nitrogens with one attached hydrogen (secondary N) is 1. The Morgan fingerprint density at radius 2 is 2.20 bits per heavy atom. The molecule has 1 fully saturated rings. The van der Waals surface area contributed by atoms with Gasteiger partial charge in [0.25, 0.3) is 5.91 Å². The van der Waals surface area contributed by atoms with E-state index in [4.69, 9.17) is 21.1 Å². The zero-order valence-corrected chi connectivity index (χ0v) is 14.7. The molecule has 1 N–H and O–H groups in total. The first-order valence-electron chi connectivity index (χ1n) is 8.07. The highest BCUT2D eigenvalue weighted by Crippen LogP contribution is 2.25. The lowest BCUT2D eigenvalue weighted by Crippen LogP contribution is -2.39. The highest BCUT2D eigenvalue weighted by atomic mass is 35.5. The van der Waals surface area contributed by atoms with E-state index in [2.05, 4.69) is 15.2 Å². The number of halogens is 1. The Labute approximate surface area is 151 Å². The molecule has 0 saturated carbocycles. The third-order valence-electron chi connectivity index (χ3n) is 4.00. The molecule has 1 atom stereocenters. The molecular formula is C18H20ClN3O3. The van der Waals surface area contributed by atoms with Crippen LogP contribution in [0, 0.1) is 0 Å². The van der Waals surface area contributed by atoms with Gasteiger partial charge in [-0.25, -0.2) is 4.98 Å². The SMILES string of the molecule is COc1cccc(OCC(=O)NC2CCN(c3ncccc3Cl)C2)c1. The summed E-state index contributed by atoms with van der Waals surface area (Å²) in [5.41, 5.74) is 0. The Morgan fingerprint density at radius 1 is 1.36 bits per heavy atom. The molecule has 2 heterocycles. The summed E-state index contributed by atoms with van der Waals surface area (Å²) in [5, 5.41) is 3.61. The number of rotatable bonds is 6. The molecule has 1 aromatic carbocycles. The lowest BCUT2D eigenvalue weighted by atomic mass is 10.2. The highest BCUT2D eigenvalue weighted by molar-refractivity contribution is 6.32. The number of anilines is 1. The number of carbonyl (C=O) groups is 1. The average molecular weight is 362 g/mol. The summed E-state index contributed by atoms with van der Waals surface area (Å²) in [4.78, 5) is 18.5. The van der Waals surface area contributed by atoms with Crippen molar-refractivity contribution in [1.29, 1.82) is 0 Å². The van der Waals surface area contributed by atoms with Crippen molar-refractivity contribution in [2.45, 2.75) is 12.5 Å². The molecule has 3 rings (SSSR count). The van der Waals surface area contributed by atoms with E-state index >= 15 is 0 Å². The zero-order chi connectivity index (χ0) is 17.6. The second kappa shape index (κ2) is 8.07. The zero-order valence-electron chi connectivity index (χ0n) is 13.9. The first kappa shape index (κ1) is 17.4. The van der Waals surface area contributed by atoms with E-state index in [1.165, 1.54) is 0 Å². The summed E-state index contributed by atoms with van der Waals surface area (Å²) in [7, 11) is 1.59. The summed E-state index contributed by atoms with van der Waals surface area (Å²) in [5.74, 6) is 1.90. The molecule has 1 aliphatic heterocycles. The quantitative estimate of drug-likeness (QED) is 0.856. The van der Waals surface area contributed by atoms with Gasteiger partial charge in [-0.1, -0.05) is 17.7 Å². The summed E-state index contributed by atoms with van der Waals surface area (Å²) in [6.07, 6.45) is 2.56. The van der Waals surface area contributed by atoms with E-state index in [0.29, 0.717) is 23.1 Å². The van der Waals surface area contributed by atoms with Gasteiger partial charge in [0, 0.05) is 31.4 Å². The molecule has 132 valence electrons. The monoisotopic (exact) mass is 361 g/mol. The standard InChI is InChI=1S/C18H20ClN3O3/c1-24-14-4-2-5-15(10-14)25-12-17(23)21-13-7-9-22(11-13)18-16(19)6-3-8-20-18/h2-6,8,10,13H,7,9,11-12H2,1H3,(H,21,23). The predicted molar refractivity (Wildman–Crippen MR) is 96.5 cm³/mol. The van der Waals surface area contributed by atoms with Crippen molar-refractivity contribution >= 4 is 23.3 Å². The van der Waals surface area contributed by atoms with Crippen molar-refractivity contribution in [2.75, 3.05) is 31.7 Å². The number of amides is 1. The molecule has 0 bridgehead atoms. The van der Waals surface area contributed by atoms with Crippen LogP contribution in [0.15, 0.2) is 42.6 Å². The normalized spacial score (nSPS) is 16.6. The van der Waals surface area contributed by atoms with E-state index in [1.807, 2.05) is 18.2 Å². The fourth-order valence-corrected chi connectivity index (χ4v) is 3.03. The van der Waals surface area contributed by atoms with Crippen LogP contribution in [0.1, 0.15) is 6.42 Å². The van der Waals surface area contributed by atoms with Crippen molar-refractivity contribution in [3.05, 3.63) is 47.6 Å². The van der Waals surface area contributed by atoms with Gasteiger partial charge in [0.05, 0.1) is 12.1 Å². The van der Waals surface area contributed by atoms with Crippen LogP contribution in [0.25, 0.3) is 0 Å². The number of ether oxygens (including phenoxy) is 2. The van der Waals surface area contributed by atoms with Crippen LogP contribution in [-0.2, 0) is 4.79 Å². The Kier molecular flexibility index (Phi) is 5.60. The molecule has 2 aromatic rings. The second-order valence-corrected chi connectivity index (χ2v) is 6.18. The van der Waals surface area contributed by atoms with E-state index in [9.17, 15) is 4.79 Å². The summed E-state index contributed by atoms with van der Waals surface area (Å²) in [6.45, 7) is 1.45. The number of hydrogen-bond acceptors (Lipinski definition) is 5. The summed E-state index contributed by atoms with van der Waals surface area (Å²) < 4.78 is 10.6. The van der Waals surface area contributed by atoms with Gasteiger partial charge in [-0.3, -0.25) is 4.79 Å². The van der Waals surface area contributed by atoms with Crippen molar-refractivity contribution in [3.63, 3.8) is 0 Å². The molecule has 1 aliphatic rings. The van der Waals surface area contributed by atoms with Gasteiger partial charge in [-0.2, -0.15) is 0 Å². The second-order valence-electron chi connectivity index (χ2n) is 5.78. The molecule has 1 aromatic heterocycles. The smallest absolute Gasteiger partial charge is 0.258 e. The average Bonchev–Trinajstić information content (AvgIpc) is 3.08. The van der Waals surface area contributed by atoms with E-state index < -0.39 is 0 Å². The summed E-state index contributed by atoms with van der Waals surface area (Å²) in [6, 6.07) is 10.8. The molecular weight excluding hydrogens is 342 g/mol. The maximum Gasteiger partial charge on any atom is 0.258 e. The van der Waals surface area contributed by atoms with Crippen LogP contribution in [0.2, 0.25) is 5.02 Å². The van der Waals surface area contributed by atoms with Crippen LogP contribution in [0.4, 0.5) is 5.82 Å². The van der Waals surface area contributed by atoms with Gasteiger partial charge in [0.2, 0.25) is 0 Å². The Hall–Kier alpha value is -2.47. The number of aromatic nitrogens is 1. The maximum absolute atomic E-state index is 12.1. The number of carbonyl (C=O) groups excluding carboxylic acids is 1. The molecule has 1 saturated heterocycles. The van der Waals surface area contributed by atoms with Crippen molar-refractivity contribution in [2.24, 2.45) is 0 Å². The van der Waals surface area contributed by atoms with Crippen molar-refractivity contribution < 1.29 is 14.3 Å². The van der Waals surface area contributed by atoms with Crippen molar-refractivity contribution in [3.8, 4) is 11.5 Å². The Morgan fingerprint density at radius 3 is 3.00 bits per heavy atom. The number of hydrogen-bond donors (Lipinski definition) is 1. The van der Waals surface area contributed by atoms with Crippen LogP contribution < -0.4 is 19.7 Å². The minimum Gasteiger partial charge on any atom is -0.497 e. The molecule has 1 amide bonds. The summed E-state index contributed by atoms with van der Waals surface area (Å²) >= 11 is 6.18. The molecule has 25 heavy (non-hydrogen) atoms. The fourth-order valence-electron chi connectivity index (χ4n) is 2.79. The number of nitrogens with zero attached hydrogens (tertiary/aromatic N) is 2. The van der Waals surface area contributed by atoms with Gasteiger partial charge in [0.15, 0.2) is 6.61 Å². The van der Waals surface area contributed by atoms with Gasteiger partial charge in [0.1, 0.15) is 17.3 Å². The minimum atomic E-state index is -0.151. The lowest BCUT2D eigenvalue weighted by molar-refractivity contribution is -0.123. The topological polar surface area (TPSA) is 63.7 Å². The van der Waals surface area contributed by atoms with Crippen LogP contribution in [0.3, 0.4) is 0 Å². The number of pyridine rings is 1. The predicted octanol–water partition coefficient (Wildman–Crippen LogP) is 2.52. The number of benzene rings is 1. The Bertz CT molecular complexity index is 741. The highest BCUT2D eigenvalue weighted by Gasteiger charge is 2.26. The molecule has 0 spiro atoms. The van der Waals surface area contributed by atoms with Gasteiger partial charge < -0.3 is 19.7 Å². The molecule has 7 heteroatoms. The first-order chi connectivity index (χ1) is 12.2. The number of methoxy groups -OCH3 is 1. The van der Waals surface area contributed by atoms with E-state index in [0.717, 1.165) is 18.8 Å². The molecule has 0 radical (unpaired) electrons.